The highest BCUT2D eigenvalue weighted by molar-refractivity contribution is 5.79. The van der Waals surface area contributed by atoms with Gasteiger partial charge < -0.3 is 0 Å². The minimum atomic E-state index is -1.10. The summed E-state index contributed by atoms with van der Waals surface area (Å²) in [5.41, 5.74) is 1.27. The predicted octanol–water partition coefficient (Wildman–Crippen LogP) is 6.83. The molecular weight excluding hydrogens is 352 g/mol. The molecule has 0 atom stereocenters. The molecule has 2 aromatic carbocycles. The smallest absolute Gasteiger partial charge is 0.167 e. The van der Waals surface area contributed by atoms with Gasteiger partial charge in [0, 0.05) is 11.1 Å². The number of allylic oxidation sites excluding steroid dienone is 2. The van der Waals surface area contributed by atoms with E-state index >= 15 is 0 Å². The summed E-state index contributed by atoms with van der Waals surface area (Å²) in [6.07, 6.45) is 7.31. The number of unbranched alkanes of at least 4 members (excludes halogenated alkanes) is 2. The minimum Gasteiger partial charge on any atom is -0.203 e. The first-order valence-electron chi connectivity index (χ1n) is 9.21. The summed E-state index contributed by atoms with van der Waals surface area (Å²) in [6.45, 7) is 7.23. The van der Waals surface area contributed by atoms with Gasteiger partial charge in [0.05, 0.1) is 0 Å². The van der Waals surface area contributed by atoms with E-state index in [1.807, 2.05) is 0 Å². The van der Waals surface area contributed by atoms with E-state index in [1.165, 1.54) is 0 Å². The Balaban J connectivity index is 2.00. The maximum atomic E-state index is 14.7. The predicted molar refractivity (Wildman–Crippen MR) is 101 cm³/mol. The van der Waals surface area contributed by atoms with Crippen LogP contribution in [0.2, 0.25) is 0 Å². The molecule has 0 saturated carbocycles. The van der Waals surface area contributed by atoms with Crippen molar-refractivity contribution >= 4 is 0 Å². The summed E-state index contributed by atoms with van der Waals surface area (Å²) in [5, 5.41) is 0. The van der Waals surface area contributed by atoms with Gasteiger partial charge in [0.1, 0.15) is 0 Å². The van der Waals surface area contributed by atoms with Crippen LogP contribution in [0.25, 0.3) is 11.1 Å². The van der Waals surface area contributed by atoms with Crippen LogP contribution < -0.4 is 0 Å². The van der Waals surface area contributed by atoms with E-state index < -0.39 is 23.3 Å². The van der Waals surface area contributed by atoms with Crippen LogP contribution >= 0.6 is 0 Å². The van der Waals surface area contributed by atoms with Crippen molar-refractivity contribution in [3.8, 4) is 11.1 Å². The van der Waals surface area contributed by atoms with Crippen molar-refractivity contribution in [1.82, 2.24) is 0 Å². The Hall–Kier alpha value is -2.36. The molecule has 0 aliphatic heterocycles. The Labute approximate surface area is 157 Å². The Morgan fingerprint density at radius 2 is 1.22 bits per heavy atom. The summed E-state index contributed by atoms with van der Waals surface area (Å²) in [6, 6.07) is 3.17. The zero-order valence-electron chi connectivity index (χ0n) is 15.2. The van der Waals surface area contributed by atoms with Crippen molar-refractivity contribution in [2.24, 2.45) is 0 Å². The largest absolute Gasteiger partial charge is 0.203 e. The molecule has 1 aliphatic rings. The summed E-state index contributed by atoms with van der Waals surface area (Å²) in [4.78, 5) is 0. The molecule has 0 radical (unpaired) electrons. The zero-order valence-corrected chi connectivity index (χ0v) is 15.2. The molecular formula is C23H22F4. The molecule has 0 bridgehead atoms. The molecule has 0 fully saturated rings. The molecule has 0 nitrogen and oxygen atoms in total. The molecule has 0 spiro atoms. The maximum Gasteiger partial charge on any atom is 0.167 e. The molecule has 2 aromatic rings. The van der Waals surface area contributed by atoms with E-state index in [4.69, 9.17) is 0 Å². The number of fused-ring (bicyclic) bond motifs is 3. The van der Waals surface area contributed by atoms with Crippen LogP contribution in [-0.4, -0.2) is 0 Å². The van der Waals surface area contributed by atoms with Gasteiger partial charge in [0.25, 0.3) is 0 Å². The minimum absolute atomic E-state index is 0.135. The van der Waals surface area contributed by atoms with Gasteiger partial charge in [-0.1, -0.05) is 24.3 Å². The van der Waals surface area contributed by atoms with Gasteiger partial charge in [-0.3, -0.25) is 0 Å². The lowest BCUT2D eigenvalue weighted by atomic mass is 9.97. The fourth-order valence-corrected chi connectivity index (χ4v) is 3.73. The molecule has 0 aromatic heterocycles. The van der Waals surface area contributed by atoms with Crippen LogP contribution in [-0.2, 0) is 19.3 Å². The van der Waals surface area contributed by atoms with E-state index in [-0.39, 0.29) is 28.7 Å². The highest BCUT2D eigenvalue weighted by Gasteiger charge is 2.31. The van der Waals surface area contributed by atoms with Gasteiger partial charge in [-0.2, -0.15) is 0 Å². The normalized spacial score (nSPS) is 12.0. The molecule has 27 heavy (non-hydrogen) atoms. The topological polar surface area (TPSA) is 0 Å². The first-order valence-corrected chi connectivity index (χ1v) is 9.21. The van der Waals surface area contributed by atoms with E-state index in [1.54, 1.807) is 24.3 Å². The van der Waals surface area contributed by atoms with Crippen molar-refractivity contribution in [2.75, 3.05) is 0 Å². The van der Waals surface area contributed by atoms with Crippen molar-refractivity contribution in [3.05, 3.63) is 83.0 Å². The van der Waals surface area contributed by atoms with Crippen molar-refractivity contribution < 1.29 is 17.6 Å². The fourth-order valence-electron chi connectivity index (χ4n) is 3.73. The summed E-state index contributed by atoms with van der Waals surface area (Å²) in [7, 11) is 0. The number of hydrogen-bond donors (Lipinski definition) is 0. The maximum absolute atomic E-state index is 14.7. The second kappa shape index (κ2) is 8.12. The average Bonchev–Trinajstić information content (AvgIpc) is 3.02. The summed E-state index contributed by atoms with van der Waals surface area (Å²) >= 11 is 0. The number of rotatable bonds is 8. The van der Waals surface area contributed by atoms with Gasteiger partial charge in [0.15, 0.2) is 23.3 Å². The van der Waals surface area contributed by atoms with Gasteiger partial charge >= 0.3 is 0 Å². The molecule has 1 aliphatic carbocycles. The van der Waals surface area contributed by atoms with E-state index in [2.05, 4.69) is 13.2 Å². The number of halogens is 4. The van der Waals surface area contributed by atoms with Crippen molar-refractivity contribution in [1.29, 1.82) is 0 Å². The van der Waals surface area contributed by atoms with Gasteiger partial charge in [0.2, 0.25) is 0 Å². The first-order chi connectivity index (χ1) is 13.0. The third kappa shape index (κ3) is 3.58. The lowest BCUT2D eigenvalue weighted by molar-refractivity contribution is 0.491. The highest BCUT2D eigenvalue weighted by atomic mass is 19.2. The molecule has 142 valence electrons. The molecule has 0 heterocycles. The van der Waals surface area contributed by atoms with E-state index in [0.717, 1.165) is 12.8 Å². The molecule has 0 saturated heterocycles. The van der Waals surface area contributed by atoms with Crippen molar-refractivity contribution in [2.45, 2.75) is 44.9 Å². The second-order valence-corrected chi connectivity index (χ2v) is 6.93. The SMILES string of the molecule is C=CCCCCc1cc2c(c(F)c1F)-c1c(cc(CCC=C)c(F)c1F)C2. The Kier molecular flexibility index (Phi) is 5.83. The van der Waals surface area contributed by atoms with Crippen LogP contribution in [0.4, 0.5) is 17.6 Å². The number of benzene rings is 2. The van der Waals surface area contributed by atoms with E-state index in [0.29, 0.717) is 36.8 Å². The summed E-state index contributed by atoms with van der Waals surface area (Å²) in [5.74, 6) is -4.13. The fraction of sp³-hybridized carbons (Fsp3) is 0.304. The lowest BCUT2D eigenvalue weighted by Gasteiger charge is -2.11. The number of hydrogen-bond acceptors (Lipinski definition) is 0. The standard InChI is InChI=1S/C23H22F4/c1-3-5-7-8-10-15-12-17-13-16-11-14(9-6-4-2)20(24)22(26)18(16)19(17)23(27)21(15)25/h3-4,11-12H,1-2,5-10,13H2. The zero-order chi connectivity index (χ0) is 19.6. The second-order valence-electron chi connectivity index (χ2n) is 6.93. The van der Waals surface area contributed by atoms with Crippen LogP contribution in [0.5, 0.6) is 0 Å². The van der Waals surface area contributed by atoms with Crippen LogP contribution in [0.3, 0.4) is 0 Å². The van der Waals surface area contributed by atoms with Gasteiger partial charge in [-0.15, -0.1) is 13.2 Å². The number of aryl methyl sites for hydroxylation is 2. The van der Waals surface area contributed by atoms with Crippen molar-refractivity contribution in [3.63, 3.8) is 0 Å². The van der Waals surface area contributed by atoms with E-state index in [9.17, 15) is 17.6 Å². The first kappa shape index (κ1) is 19.4. The van der Waals surface area contributed by atoms with Gasteiger partial charge in [-0.05, 0) is 67.2 Å². The third-order valence-corrected chi connectivity index (χ3v) is 5.08. The molecule has 0 unspecified atom stereocenters. The van der Waals surface area contributed by atoms with Gasteiger partial charge in [-0.25, -0.2) is 17.6 Å². The Morgan fingerprint density at radius 3 is 1.74 bits per heavy atom. The van der Waals surface area contributed by atoms with Crippen LogP contribution in [0.15, 0.2) is 37.4 Å². The molecule has 0 amide bonds. The lowest BCUT2D eigenvalue weighted by Crippen LogP contribution is -2.01. The Bertz CT molecular complexity index is 896. The summed E-state index contributed by atoms with van der Waals surface area (Å²) < 4.78 is 58.3. The molecule has 4 heteroatoms. The molecule has 0 N–H and O–H groups in total. The Morgan fingerprint density at radius 1 is 0.704 bits per heavy atom. The average molecular weight is 374 g/mol. The third-order valence-electron chi connectivity index (χ3n) is 5.08. The van der Waals surface area contributed by atoms with Crippen LogP contribution in [0, 0.1) is 23.3 Å². The highest BCUT2D eigenvalue weighted by Crippen LogP contribution is 2.43. The molecule has 3 rings (SSSR count). The quantitative estimate of drug-likeness (QED) is 0.230. The monoisotopic (exact) mass is 374 g/mol. The van der Waals surface area contributed by atoms with Crippen LogP contribution in [0.1, 0.15) is 47.9 Å².